The van der Waals surface area contributed by atoms with Crippen LogP contribution in [0.5, 0.6) is 0 Å². The summed E-state index contributed by atoms with van der Waals surface area (Å²) in [6.45, 7) is 3.46. The van der Waals surface area contributed by atoms with E-state index >= 15 is 0 Å². The van der Waals surface area contributed by atoms with E-state index in [-0.39, 0.29) is 0 Å². The molecule has 0 saturated heterocycles. The highest BCUT2D eigenvalue weighted by atomic mass is 14.9. The van der Waals surface area contributed by atoms with Crippen molar-refractivity contribution in [2.24, 2.45) is 5.92 Å². The molecule has 2 fully saturated rings. The van der Waals surface area contributed by atoms with E-state index in [1.807, 2.05) is 0 Å². The molecule has 1 N–H and O–H groups in total. The molecule has 2 aliphatic carbocycles. The zero-order valence-electron chi connectivity index (χ0n) is 13.6. The molecule has 1 aromatic rings. The second kappa shape index (κ2) is 6.96. The maximum atomic E-state index is 3.94. The summed E-state index contributed by atoms with van der Waals surface area (Å²) in [5.41, 5.74) is 2.02. The molecule has 0 amide bonds. The van der Waals surface area contributed by atoms with Crippen LogP contribution in [0, 0.1) is 5.92 Å². The maximum Gasteiger partial charge on any atom is 0.0167 e. The minimum atomic E-state index is 0.430. The number of hydrogen-bond donors (Lipinski definition) is 1. The molecule has 0 bridgehead atoms. The third-order valence-electron chi connectivity index (χ3n) is 5.95. The van der Waals surface area contributed by atoms with E-state index in [1.54, 1.807) is 5.56 Å². The number of nitrogens with one attached hydrogen (secondary N) is 1. The topological polar surface area (TPSA) is 12.0 Å². The van der Waals surface area contributed by atoms with E-state index in [0.29, 0.717) is 11.5 Å². The molecule has 1 unspecified atom stereocenters. The molecule has 0 aromatic heterocycles. The molecular formula is C20H31N. The Morgan fingerprint density at radius 3 is 2.38 bits per heavy atom. The lowest BCUT2D eigenvalue weighted by Gasteiger charge is -2.49. The summed E-state index contributed by atoms with van der Waals surface area (Å²) in [5.74, 6) is 0.973. The van der Waals surface area contributed by atoms with E-state index in [0.717, 1.165) is 5.92 Å². The first kappa shape index (κ1) is 15.1. The van der Waals surface area contributed by atoms with Gasteiger partial charge in [0.1, 0.15) is 0 Å². The fourth-order valence-corrected chi connectivity index (χ4v) is 4.57. The second-order valence-electron chi connectivity index (χ2n) is 7.27. The molecule has 116 valence electrons. The van der Waals surface area contributed by atoms with E-state index in [1.165, 1.54) is 64.3 Å². The van der Waals surface area contributed by atoms with Gasteiger partial charge in [-0.15, -0.1) is 0 Å². The largest absolute Gasteiger partial charge is 0.313 e. The van der Waals surface area contributed by atoms with Crippen molar-refractivity contribution >= 4 is 0 Å². The van der Waals surface area contributed by atoms with Crippen molar-refractivity contribution in [2.75, 3.05) is 6.54 Å². The van der Waals surface area contributed by atoms with Crippen LogP contribution in [0.4, 0.5) is 0 Å². The minimum Gasteiger partial charge on any atom is -0.313 e. The Bertz CT molecular complexity index is 415. The number of rotatable bonds is 7. The van der Waals surface area contributed by atoms with Crippen LogP contribution in [0.3, 0.4) is 0 Å². The molecule has 0 heterocycles. The average molecular weight is 285 g/mol. The van der Waals surface area contributed by atoms with Crippen LogP contribution < -0.4 is 5.32 Å². The van der Waals surface area contributed by atoms with E-state index in [9.17, 15) is 0 Å². The standard InChI is InChI=1S/C20H31N/c1-2-15-21-19(16-17-9-6-7-10-17)20(13-8-14-20)18-11-4-3-5-12-18/h3-5,11-12,17,19,21H,2,6-10,13-16H2,1H3. The fraction of sp³-hybridized carbons (Fsp3) is 0.700. The highest BCUT2D eigenvalue weighted by Crippen LogP contribution is 2.48. The molecule has 2 saturated carbocycles. The molecule has 1 atom stereocenters. The average Bonchev–Trinajstić information content (AvgIpc) is 2.97. The highest BCUT2D eigenvalue weighted by Gasteiger charge is 2.45. The summed E-state index contributed by atoms with van der Waals surface area (Å²) in [7, 11) is 0. The van der Waals surface area contributed by atoms with Crippen molar-refractivity contribution < 1.29 is 0 Å². The van der Waals surface area contributed by atoms with Crippen molar-refractivity contribution in [3.8, 4) is 0 Å². The summed E-state index contributed by atoms with van der Waals surface area (Å²) in [5, 5.41) is 3.94. The quantitative estimate of drug-likeness (QED) is 0.738. The van der Waals surface area contributed by atoms with Crippen LogP contribution in [0.25, 0.3) is 0 Å². The van der Waals surface area contributed by atoms with Gasteiger partial charge in [0.25, 0.3) is 0 Å². The smallest absolute Gasteiger partial charge is 0.0167 e. The monoisotopic (exact) mass is 285 g/mol. The minimum absolute atomic E-state index is 0.430. The van der Waals surface area contributed by atoms with Gasteiger partial charge in [-0.05, 0) is 43.7 Å². The van der Waals surface area contributed by atoms with Crippen molar-refractivity contribution in [3.63, 3.8) is 0 Å². The summed E-state index contributed by atoms with van der Waals surface area (Å²) >= 11 is 0. The zero-order chi connectivity index (χ0) is 14.5. The first-order valence-corrected chi connectivity index (χ1v) is 9.14. The van der Waals surface area contributed by atoms with Crippen LogP contribution in [0.2, 0.25) is 0 Å². The van der Waals surface area contributed by atoms with E-state index in [4.69, 9.17) is 0 Å². The van der Waals surface area contributed by atoms with Gasteiger partial charge in [0.15, 0.2) is 0 Å². The van der Waals surface area contributed by atoms with Crippen molar-refractivity contribution in [1.82, 2.24) is 5.32 Å². The third kappa shape index (κ3) is 3.18. The Labute approximate surface area is 130 Å². The zero-order valence-corrected chi connectivity index (χ0v) is 13.6. The molecular weight excluding hydrogens is 254 g/mol. The number of hydrogen-bond acceptors (Lipinski definition) is 1. The molecule has 2 aliphatic rings. The predicted octanol–water partition coefficient (Wildman–Crippen LogP) is 5.06. The SMILES string of the molecule is CCCNC(CC1CCCC1)C1(c2ccccc2)CCC1. The van der Waals surface area contributed by atoms with E-state index < -0.39 is 0 Å². The first-order chi connectivity index (χ1) is 10.3. The van der Waals surface area contributed by atoms with Gasteiger partial charge < -0.3 is 5.32 Å². The van der Waals surface area contributed by atoms with Gasteiger partial charge in [-0.3, -0.25) is 0 Å². The molecule has 3 rings (SSSR count). The van der Waals surface area contributed by atoms with Gasteiger partial charge in [0.2, 0.25) is 0 Å². The molecule has 0 radical (unpaired) electrons. The van der Waals surface area contributed by atoms with Gasteiger partial charge in [-0.1, -0.05) is 69.4 Å². The Kier molecular flexibility index (Phi) is 5.00. The lowest BCUT2D eigenvalue weighted by molar-refractivity contribution is 0.147. The second-order valence-corrected chi connectivity index (χ2v) is 7.27. The Morgan fingerprint density at radius 1 is 1.10 bits per heavy atom. The lowest BCUT2D eigenvalue weighted by Crippen LogP contribution is -2.53. The Balaban J connectivity index is 1.78. The molecule has 1 heteroatoms. The van der Waals surface area contributed by atoms with Crippen molar-refractivity contribution in [2.45, 2.75) is 76.2 Å². The van der Waals surface area contributed by atoms with Gasteiger partial charge >= 0.3 is 0 Å². The van der Waals surface area contributed by atoms with Crippen molar-refractivity contribution in [1.29, 1.82) is 0 Å². The first-order valence-electron chi connectivity index (χ1n) is 9.14. The Morgan fingerprint density at radius 2 is 1.81 bits per heavy atom. The maximum absolute atomic E-state index is 3.94. The summed E-state index contributed by atoms with van der Waals surface area (Å²) < 4.78 is 0. The van der Waals surface area contributed by atoms with Crippen LogP contribution in [-0.2, 0) is 5.41 Å². The predicted molar refractivity (Wildman–Crippen MR) is 90.6 cm³/mol. The lowest BCUT2D eigenvalue weighted by atomic mass is 9.58. The fourth-order valence-electron chi connectivity index (χ4n) is 4.57. The van der Waals surface area contributed by atoms with Crippen molar-refractivity contribution in [3.05, 3.63) is 35.9 Å². The Hall–Kier alpha value is -0.820. The van der Waals surface area contributed by atoms with E-state index in [2.05, 4.69) is 42.6 Å². The van der Waals surface area contributed by atoms with Crippen LogP contribution in [0.15, 0.2) is 30.3 Å². The van der Waals surface area contributed by atoms with Gasteiger partial charge in [-0.2, -0.15) is 0 Å². The van der Waals surface area contributed by atoms with Gasteiger partial charge in [0, 0.05) is 11.5 Å². The van der Waals surface area contributed by atoms with Crippen LogP contribution in [-0.4, -0.2) is 12.6 Å². The summed E-state index contributed by atoms with van der Waals surface area (Å²) in [6.07, 6.45) is 12.7. The molecule has 1 aromatic carbocycles. The third-order valence-corrected chi connectivity index (χ3v) is 5.95. The molecule has 1 nitrogen and oxygen atoms in total. The number of benzene rings is 1. The molecule has 21 heavy (non-hydrogen) atoms. The highest BCUT2D eigenvalue weighted by molar-refractivity contribution is 5.30. The van der Waals surface area contributed by atoms with Gasteiger partial charge in [-0.25, -0.2) is 0 Å². The van der Waals surface area contributed by atoms with Gasteiger partial charge in [0.05, 0.1) is 0 Å². The van der Waals surface area contributed by atoms with Crippen LogP contribution >= 0.6 is 0 Å². The molecule has 0 spiro atoms. The summed E-state index contributed by atoms with van der Waals surface area (Å²) in [6, 6.07) is 12.0. The van der Waals surface area contributed by atoms with Crippen LogP contribution in [0.1, 0.15) is 70.3 Å². The molecule has 0 aliphatic heterocycles. The normalized spacial score (nSPS) is 22.9. The summed E-state index contributed by atoms with van der Waals surface area (Å²) in [4.78, 5) is 0.